The molecular weight excluding hydrogens is 372 g/mol. The summed E-state index contributed by atoms with van der Waals surface area (Å²) in [5, 5.41) is 13.7. The number of nitrogens with zero attached hydrogens (tertiary/aromatic N) is 4. The number of aromatic nitrogens is 5. The van der Waals surface area contributed by atoms with Crippen molar-refractivity contribution in [1.29, 1.82) is 0 Å². The number of methoxy groups -OCH3 is 2. The smallest absolute Gasteiger partial charge is 0.261 e. The molecular formula is C20H18N6O3. The van der Waals surface area contributed by atoms with E-state index in [1.165, 1.54) is 6.33 Å². The van der Waals surface area contributed by atoms with Gasteiger partial charge in [-0.15, -0.1) is 0 Å². The molecule has 146 valence electrons. The van der Waals surface area contributed by atoms with E-state index in [0.29, 0.717) is 28.3 Å². The van der Waals surface area contributed by atoms with Gasteiger partial charge in [0.25, 0.3) is 5.91 Å². The quantitative estimate of drug-likeness (QED) is 0.524. The van der Waals surface area contributed by atoms with E-state index in [1.807, 2.05) is 36.4 Å². The summed E-state index contributed by atoms with van der Waals surface area (Å²) in [6.07, 6.45) is 2.99. The average Bonchev–Trinajstić information content (AvgIpc) is 3.44. The second kappa shape index (κ2) is 7.85. The molecule has 4 aromatic rings. The predicted octanol–water partition coefficient (Wildman–Crippen LogP) is 2.93. The summed E-state index contributed by atoms with van der Waals surface area (Å²) in [5.74, 6) is 1.02. The van der Waals surface area contributed by atoms with Gasteiger partial charge in [-0.3, -0.25) is 10.1 Å². The Morgan fingerprint density at radius 3 is 2.55 bits per heavy atom. The molecule has 9 heteroatoms. The lowest BCUT2D eigenvalue weighted by atomic mass is 10.1. The van der Waals surface area contributed by atoms with Gasteiger partial charge in [-0.2, -0.15) is 15.2 Å². The lowest BCUT2D eigenvalue weighted by molar-refractivity contribution is 0.102. The van der Waals surface area contributed by atoms with E-state index in [1.54, 1.807) is 37.2 Å². The molecule has 0 radical (unpaired) electrons. The lowest BCUT2D eigenvalue weighted by Crippen LogP contribution is -2.13. The standard InChI is InChI=1S/C20H18N6O3/c1-28-16-9-8-13(10-17(16)29-2)18-15(19(27)23-20-21-12-22-24-20)11-26(25-18)14-6-4-3-5-7-14/h3-12H,1-2H3,(H2,21,22,23,24,27). The molecule has 0 aliphatic rings. The third kappa shape index (κ3) is 3.65. The Morgan fingerprint density at radius 1 is 1.07 bits per heavy atom. The summed E-state index contributed by atoms with van der Waals surface area (Å²) in [6.45, 7) is 0. The molecule has 2 aromatic carbocycles. The van der Waals surface area contributed by atoms with Crippen molar-refractivity contribution in [3.05, 3.63) is 66.6 Å². The summed E-state index contributed by atoms with van der Waals surface area (Å²) in [4.78, 5) is 16.9. The SMILES string of the molecule is COc1ccc(-c2nn(-c3ccccc3)cc2C(=O)Nc2ncn[nH]2)cc1OC. The van der Waals surface area contributed by atoms with Crippen molar-refractivity contribution in [2.45, 2.75) is 0 Å². The zero-order valence-electron chi connectivity index (χ0n) is 15.8. The van der Waals surface area contributed by atoms with Crippen molar-refractivity contribution < 1.29 is 14.3 Å². The minimum atomic E-state index is -0.367. The number of H-pyrrole nitrogens is 1. The molecule has 2 heterocycles. The Kier molecular flexibility index (Phi) is 4.93. The van der Waals surface area contributed by atoms with Gasteiger partial charge in [0.15, 0.2) is 11.5 Å². The molecule has 29 heavy (non-hydrogen) atoms. The minimum Gasteiger partial charge on any atom is -0.493 e. The Bertz CT molecular complexity index is 1120. The van der Waals surface area contributed by atoms with E-state index in [0.717, 1.165) is 5.69 Å². The number of aromatic amines is 1. The summed E-state index contributed by atoms with van der Waals surface area (Å²) in [7, 11) is 3.12. The fourth-order valence-electron chi connectivity index (χ4n) is 2.89. The van der Waals surface area contributed by atoms with Gasteiger partial charge in [-0.25, -0.2) is 9.78 Å². The van der Waals surface area contributed by atoms with Crippen molar-refractivity contribution in [3.63, 3.8) is 0 Å². The van der Waals surface area contributed by atoms with E-state index >= 15 is 0 Å². The molecule has 0 bridgehead atoms. The number of benzene rings is 2. The van der Waals surface area contributed by atoms with Crippen LogP contribution < -0.4 is 14.8 Å². The van der Waals surface area contributed by atoms with Crippen LogP contribution in [-0.2, 0) is 0 Å². The monoisotopic (exact) mass is 390 g/mol. The summed E-state index contributed by atoms with van der Waals surface area (Å²) < 4.78 is 12.3. The van der Waals surface area contributed by atoms with Gasteiger partial charge >= 0.3 is 0 Å². The third-order valence-corrected chi connectivity index (χ3v) is 4.28. The number of para-hydroxylation sites is 1. The number of ether oxygens (including phenoxy) is 2. The number of hydrogen-bond donors (Lipinski definition) is 2. The van der Waals surface area contributed by atoms with Crippen molar-refractivity contribution in [2.24, 2.45) is 0 Å². The fourth-order valence-corrected chi connectivity index (χ4v) is 2.89. The highest BCUT2D eigenvalue weighted by molar-refractivity contribution is 6.07. The number of anilines is 1. The average molecular weight is 390 g/mol. The molecule has 0 atom stereocenters. The van der Waals surface area contributed by atoms with Crippen LogP contribution in [0.3, 0.4) is 0 Å². The molecule has 9 nitrogen and oxygen atoms in total. The molecule has 2 aromatic heterocycles. The topological polar surface area (TPSA) is 107 Å². The summed E-state index contributed by atoms with van der Waals surface area (Å²) in [5.41, 5.74) is 2.40. The second-order valence-electron chi connectivity index (χ2n) is 6.03. The van der Waals surface area contributed by atoms with Crippen LogP contribution in [0.2, 0.25) is 0 Å². The Balaban J connectivity index is 1.81. The highest BCUT2D eigenvalue weighted by atomic mass is 16.5. The maximum atomic E-state index is 12.9. The predicted molar refractivity (Wildman–Crippen MR) is 106 cm³/mol. The highest BCUT2D eigenvalue weighted by Crippen LogP contribution is 2.33. The Morgan fingerprint density at radius 2 is 1.86 bits per heavy atom. The first kappa shape index (κ1) is 18.2. The summed E-state index contributed by atoms with van der Waals surface area (Å²) in [6, 6.07) is 14.9. The Labute approximate surface area is 166 Å². The fraction of sp³-hybridized carbons (Fsp3) is 0.100. The lowest BCUT2D eigenvalue weighted by Gasteiger charge is -2.09. The first-order valence-electron chi connectivity index (χ1n) is 8.74. The molecule has 4 rings (SSSR count). The van der Waals surface area contributed by atoms with Gasteiger partial charge in [0.05, 0.1) is 25.5 Å². The number of rotatable bonds is 6. The molecule has 1 amide bonds. The number of carbonyl (C=O) groups excluding carboxylic acids is 1. The maximum absolute atomic E-state index is 12.9. The molecule has 0 spiro atoms. The van der Waals surface area contributed by atoms with Crippen LogP contribution >= 0.6 is 0 Å². The van der Waals surface area contributed by atoms with Gasteiger partial charge in [0.2, 0.25) is 5.95 Å². The zero-order valence-corrected chi connectivity index (χ0v) is 15.8. The van der Waals surface area contributed by atoms with E-state index in [-0.39, 0.29) is 11.9 Å². The van der Waals surface area contributed by atoms with Crippen LogP contribution in [0.4, 0.5) is 5.95 Å². The van der Waals surface area contributed by atoms with Gasteiger partial charge in [-0.1, -0.05) is 18.2 Å². The molecule has 0 saturated heterocycles. The van der Waals surface area contributed by atoms with Gasteiger partial charge in [-0.05, 0) is 30.3 Å². The van der Waals surface area contributed by atoms with E-state index in [4.69, 9.17) is 9.47 Å². The molecule has 0 aliphatic carbocycles. The van der Waals surface area contributed by atoms with E-state index in [2.05, 4.69) is 25.6 Å². The number of amides is 1. The molecule has 0 unspecified atom stereocenters. The van der Waals surface area contributed by atoms with Crippen LogP contribution in [0.15, 0.2) is 61.1 Å². The van der Waals surface area contributed by atoms with Crippen LogP contribution in [0.25, 0.3) is 16.9 Å². The van der Waals surface area contributed by atoms with Gasteiger partial charge in [0.1, 0.15) is 12.0 Å². The van der Waals surface area contributed by atoms with Gasteiger partial charge in [0, 0.05) is 11.8 Å². The largest absolute Gasteiger partial charge is 0.493 e. The molecule has 2 N–H and O–H groups in total. The van der Waals surface area contributed by atoms with Crippen molar-refractivity contribution in [2.75, 3.05) is 19.5 Å². The Hall–Kier alpha value is -4.14. The van der Waals surface area contributed by atoms with Crippen molar-refractivity contribution in [1.82, 2.24) is 25.0 Å². The minimum absolute atomic E-state index is 0.251. The molecule has 0 fully saturated rings. The van der Waals surface area contributed by atoms with Crippen LogP contribution in [0.5, 0.6) is 11.5 Å². The zero-order chi connectivity index (χ0) is 20.2. The first-order chi connectivity index (χ1) is 14.2. The number of hydrogen-bond acceptors (Lipinski definition) is 6. The summed E-state index contributed by atoms with van der Waals surface area (Å²) >= 11 is 0. The van der Waals surface area contributed by atoms with Crippen molar-refractivity contribution in [3.8, 4) is 28.4 Å². The van der Waals surface area contributed by atoms with Gasteiger partial charge < -0.3 is 9.47 Å². The molecule has 0 saturated carbocycles. The first-order valence-corrected chi connectivity index (χ1v) is 8.74. The molecule has 0 aliphatic heterocycles. The van der Waals surface area contributed by atoms with Crippen LogP contribution in [0.1, 0.15) is 10.4 Å². The van der Waals surface area contributed by atoms with Crippen LogP contribution in [-0.4, -0.2) is 45.1 Å². The number of nitrogens with one attached hydrogen (secondary N) is 2. The maximum Gasteiger partial charge on any atom is 0.261 e. The van der Waals surface area contributed by atoms with Crippen LogP contribution in [0, 0.1) is 0 Å². The van der Waals surface area contributed by atoms with E-state index in [9.17, 15) is 4.79 Å². The normalized spacial score (nSPS) is 10.6. The van der Waals surface area contributed by atoms with Crippen molar-refractivity contribution >= 4 is 11.9 Å². The number of carbonyl (C=O) groups is 1. The third-order valence-electron chi connectivity index (χ3n) is 4.28. The highest BCUT2D eigenvalue weighted by Gasteiger charge is 2.21. The van der Waals surface area contributed by atoms with E-state index < -0.39 is 0 Å². The second-order valence-corrected chi connectivity index (χ2v) is 6.03.